The Morgan fingerprint density at radius 1 is 1.15 bits per heavy atom. The molecule has 4 nitrogen and oxygen atoms in total. The molecule has 0 saturated heterocycles. The standard InChI is InChI=1S/C13H8BrF2N3O/c14-6-3-8(15)12(9(16)4-6)19-13-18-10-5-7(17)1-2-11(10)20-13/h1-5H,17H2,(H,18,19). The second kappa shape index (κ2) is 4.75. The largest absolute Gasteiger partial charge is 0.423 e. The molecule has 2 aromatic carbocycles. The van der Waals surface area contributed by atoms with Gasteiger partial charge in [0.25, 0.3) is 6.01 Å². The molecule has 0 aliphatic rings. The van der Waals surface area contributed by atoms with Crippen molar-refractivity contribution in [3.8, 4) is 0 Å². The lowest BCUT2D eigenvalue weighted by Crippen LogP contribution is -1.97. The van der Waals surface area contributed by atoms with Crippen molar-refractivity contribution >= 4 is 44.4 Å². The lowest BCUT2D eigenvalue weighted by Gasteiger charge is -2.05. The molecule has 0 radical (unpaired) electrons. The van der Waals surface area contributed by atoms with E-state index in [-0.39, 0.29) is 11.7 Å². The van der Waals surface area contributed by atoms with Gasteiger partial charge in [0, 0.05) is 10.2 Å². The molecule has 3 aromatic rings. The molecule has 3 N–H and O–H groups in total. The monoisotopic (exact) mass is 339 g/mol. The molecular weight excluding hydrogens is 332 g/mol. The number of hydrogen-bond acceptors (Lipinski definition) is 4. The zero-order chi connectivity index (χ0) is 14.3. The summed E-state index contributed by atoms with van der Waals surface area (Å²) >= 11 is 3.01. The van der Waals surface area contributed by atoms with Crippen molar-refractivity contribution in [3.05, 3.63) is 46.4 Å². The van der Waals surface area contributed by atoms with Crippen LogP contribution < -0.4 is 11.1 Å². The van der Waals surface area contributed by atoms with E-state index in [1.165, 1.54) is 0 Å². The van der Waals surface area contributed by atoms with Crippen LogP contribution in [0.3, 0.4) is 0 Å². The van der Waals surface area contributed by atoms with Gasteiger partial charge in [-0.1, -0.05) is 15.9 Å². The minimum Gasteiger partial charge on any atom is -0.423 e. The van der Waals surface area contributed by atoms with Gasteiger partial charge in [0.1, 0.15) is 11.2 Å². The van der Waals surface area contributed by atoms with E-state index in [1.54, 1.807) is 18.2 Å². The first kappa shape index (κ1) is 12.9. The van der Waals surface area contributed by atoms with Gasteiger partial charge < -0.3 is 15.5 Å². The van der Waals surface area contributed by atoms with E-state index in [0.29, 0.717) is 21.3 Å². The van der Waals surface area contributed by atoms with E-state index < -0.39 is 11.6 Å². The Morgan fingerprint density at radius 2 is 1.85 bits per heavy atom. The summed E-state index contributed by atoms with van der Waals surface area (Å²) in [6.45, 7) is 0. The highest BCUT2D eigenvalue weighted by Gasteiger charge is 2.14. The quantitative estimate of drug-likeness (QED) is 0.687. The number of nitrogens with one attached hydrogen (secondary N) is 1. The molecule has 0 atom stereocenters. The van der Waals surface area contributed by atoms with Gasteiger partial charge in [-0.15, -0.1) is 0 Å². The molecule has 1 heterocycles. The van der Waals surface area contributed by atoms with Gasteiger partial charge in [-0.3, -0.25) is 0 Å². The fourth-order valence-corrected chi connectivity index (χ4v) is 2.17. The van der Waals surface area contributed by atoms with Crippen molar-refractivity contribution in [2.24, 2.45) is 0 Å². The third kappa shape index (κ3) is 2.32. The maximum Gasteiger partial charge on any atom is 0.300 e. The molecule has 3 rings (SSSR count). The van der Waals surface area contributed by atoms with Gasteiger partial charge in [-0.25, -0.2) is 8.78 Å². The first-order chi connectivity index (χ1) is 9.52. The number of hydrogen-bond donors (Lipinski definition) is 2. The second-order valence-corrected chi connectivity index (χ2v) is 5.03. The maximum atomic E-state index is 13.7. The lowest BCUT2D eigenvalue weighted by molar-refractivity contribution is 0.580. The van der Waals surface area contributed by atoms with Crippen molar-refractivity contribution in [1.82, 2.24) is 4.98 Å². The van der Waals surface area contributed by atoms with Crippen LogP contribution in [-0.2, 0) is 0 Å². The van der Waals surface area contributed by atoms with E-state index in [2.05, 4.69) is 26.2 Å². The molecule has 0 bridgehead atoms. The van der Waals surface area contributed by atoms with Crippen molar-refractivity contribution in [1.29, 1.82) is 0 Å². The van der Waals surface area contributed by atoms with Crippen LogP contribution in [0, 0.1) is 11.6 Å². The van der Waals surface area contributed by atoms with Gasteiger partial charge in [-0.2, -0.15) is 4.98 Å². The second-order valence-electron chi connectivity index (χ2n) is 4.12. The molecule has 0 aliphatic carbocycles. The minimum atomic E-state index is -0.751. The van der Waals surface area contributed by atoms with E-state index in [0.717, 1.165) is 12.1 Å². The Hall–Kier alpha value is -2.15. The molecule has 20 heavy (non-hydrogen) atoms. The third-order valence-corrected chi connectivity index (χ3v) is 3.11. The van der Waals surface area contributed by atoms with Gasteiger partial charge in [0.05, 0.1) is 0 Å². The fraction of sp³-hybridized carbons (Fsp3) is 0. The molecule has 0 aliphatic heterocycles. The van der Waals surface area contributed by atoms with Gasteiger partial charge >= 0.3 is 0 Å². The molecule has 102 valence electrons. The van der Waals surface area contributed by atoms with Gasteiger partial charge in [0.15, 0.2) is 17.2 Å². The number of aromatic nitrogens is 1. The normalized spacial score (nSPS) is 10.9. The van der Waals surface area contributed by atoms with Crippen molar-refractivity contribution in [2.45, 2.75) is 0 Å². The van der Waals surface area contributed by atoms with Crippen LogP contribution in [0.4, 0.5) is 26.2 Å². The van der Waals surface area contributed by atoms with Crippen LogP contribution >= 0.6 is 15.9 Å². The topological polar surface area (TPSA) is 64.1 Å². The molecule has 0 amide bonds. The summed E-state index contributed by atoms with van der Waals surface area (Å²) in [7, 11) is 0. The zero-order valence-corrected chi connectivity index (χ0v) is 11.5. The average Bonchev–Trinajstić information content (AvgIpc) is 2.75. The molecule has 0 saturated carbocycles. The SMILES string of the molecule is Nc1ccc2oc(Nc3c(F)cc(Br)cc3F)nc2c1. The minimum absolute atomic E-state index is 0.00859. The summed E-state index contributed by atoms with van der Waals surface area (Å²) in [5, 5.41) is 2.49. The van der Waals surface area contributed by atoms with Gasteiger partial charge in [-0.05, 0) is 30.3 Å². The number of nitrogen functional groups attached to an aromatic ring is 1. The fourth-order valence-electron chi connectivity index (χ4n) is 1.77. The number of oxazole rings is 1. The van der Waals surface area contributed by atoms with Crippen molar-refractivity contribution < 1.29 is 13.2 Å². The smallest absolute Gasteiger partial charge is 0.300 e. The number of benzene rings is 2. The van der Waals surface area contributed by atoms with Crippen LogP contribution in [0.25, 0.3) is 11.1 Å². The summed E-state index contributed by atoms with van der Waals surface area (Å²) in [4.78, 5) is 4.07. The number of halogens is 3. The van der Waals surface area contributed by atoms with Crippen LogP contribution in [0.1, 0.15) is 0 Å². The molecule has 0 fully saturated rings. The van der Waals surface area contributed by atoms with E-state index >= 15 is 0 Å². The van der Waals surface area contributed by atoms with Crippen LogP contribution in [0.5, 0.6) is 0 Å². The Bertz CT molecular complexity index is 780. The summed E-state index contributed by atoms with van der Waals surface area (Å²) in [6.07, 6.45) is 0. The summed E-state index contributed by atoms with van der Waals surface area (Å²) in [5.41, 5.74) is 6.80. The number of anilines is 3. The number of nitrogens with zero attached hydrogens (tertiary/aromatic N) is 1. The van der Waals surface area contributed by atoms with Gasteiger partial charge in [0.2, 0.25) is 0 Å². The maximum absolute atomic E-state index is 13.7. The Morgan fingerprint density at radius 3 is 2.55 bits per heavy atom. The first-order valence-corrected chi connectivity index (χ1v) is 6.40. The molecular formula is C13H8BrF2N3O. The predicted molar refractivity (Wildman–Crippen MR) is 75.8 cm³/mol. The highest BCUT2D eigenvalue weighted by molar-refractivity contribution is 9.10. The average molecular weight is 340 g/mol. The summed E-state index contributed by atoms with van der Waals surface area (Å²) in [6, 6.07) is 7.18. The highest BCUT2D eigenvalue weighted by atomic mass is 79.9. The molecule has 1 aromatic heterocycles. The zero-order valence-electron chi connectivity index (χ0n) is 9.95. The number of nitrogens with two attached hydrogens (primary N) is 1. The van der Waals surface area contributed by atoms with Crippen molar-refractivity contribution in [3.63, 3.8) is 0 Å². The highest BCUT2D eigenvalue weighted by Crippen LogP contribution is 2.28. The van der Waals surface area contributed by atoms with E-state index in [9.17, 15) is 8.78 Å². The van der Waals surface area contributed by atoms with E-state index in [1.807, 2.05) is 0 Å². The molecule has 0 unspecified atom stereocenters. The predicted octanol–water partition coefficient (Wildman–Crippen LogP) is 4.19. The number of rotatable bonds is 2. The van der Waals surface area contributed by atoms with Crippen LogP contribution in [0.15, 0.2) is 39.2 Å². The lowest BCUT2D eigenvalue weighted by atomic mass is 10.3. The molecule has 0 spiro atoms. The van der Waals surface area contributed by atoms with Crippen molar-refractivity contribution in [2.75, 3.05) is 11.1 Å². The third-order valence-electron chi connectivity index (χ3n) is 2.65. The molecule has 7 heteroatoms. The summed E-state index contributed by atoms with van der Waals surface area (Å²) < 4.78 is 33.0. The van der Waals surface area contributed by atoms with E-state index in [4.69, 9.17) is 10.2 Å². The first-order valence-electron chi connectivity index (χ1n) is 5.60. The van der Waals surface area contributed by atoms with Crippen LogP contribution in [-0.4, -0.2) is 4.98 Å². The van der Waals surface area contributed by atoms with Crippen LogP contribution in [0.2, 0.25) is 0 Å². The number of fused-ring (bicyclic) bond motifs is 1. The Labute approximate surface area is 120 Å². The Balaban J connectivity index is 2.01. The Kier molecular flexibility index (Phi) is 3.06. The summed E-state index contributed by atoms with van der Waals surface area (Å²) in [5.74, 6) is -1.50.